The smallest absolute Gasteiger partial charge is 0.0466 e. The zero-order valence-electron chi connectivity index (χ0n) is 9.61. The van der Waals surface area contributed by atoms with Gasteiger partial charge in [0.1, 0.15) is 0 Å². The maximum absolute atomic E-state index is 6.00. The van der Waals surface area contributed by atoms with E-state index in [9.17, 15) is 0 Å². The van der Waals surface area contributed by atoms with Gasteiger partial charge in [-0.3, -0.25) is 0 Å². The van der Waals surface area contributed by atoms with Crippen molar-refractivity contribution in [1.29, 1.82) is 0 Å². The van der Waals surface area contributed by atoms with Crippen LogP contribution in [0.15, 0.2) is 52.3 Å². The lowest BCUT2D eigenvalue weighted by Crippen LogP contribution is -1.89. The lowest BCUT2D eigenvalue weighted by Gasteiger charge is -2.06. The Labute approximate surface area is 120 Å². The van der Waals surface area contributed by atoms with E-state index in [4.69, 9.17) is 5.73 Å². The average Bonchev–Trinajstić information content (AvgIpc) is 2.34. The Balaban J connectivity index is 2.19. The summed E-state index contributed by atoms with van der Waals surface area (Å²) in [5, 5.41) is 0. The molecule has 0 aromatic heterocycles. The van der Waals surface area contributed by atoms with Crippen LogP contribution in [0.4, 0.5) is 5.69 Å². The molecule has 3 heteroatoms. The van der Waals surface area contributed by atoms with Crippen molar-refractivity contribution in [3.63, 3.8) is 0 Å². The monoisotopic (exact) mass is 355 g/mol. The van der Waals surface area contributed by atoms with E-state index in [1.807, 2.05) is 6.07 Å². The lowest BCUT2D eigenvalue weighted by atomic mass is 10.2. The van der Waals surface area contributed by atoms with Gasteiger partial charge in [-0.2, -0.15) is 0 Å². The molecular weight excluding hydrogens is 341 g/mol. The number of aryl methyl sites for hydroxylation is 1. The van der Waals surface area contributed by atoms with E-state index in [-0.39, 0.29) is 0 Å². The highest BCUT2D eigenvalue weighted by Crippen LogP contribution is 2.32. The minimum atomic E-state index is 0.849. The predicted molar refractivity (Wildman–Crippen MR) is 83.5 cm³/mol. The summed E-state index contributed by atoms with van der Waals surface area (Å²) < 4.78 is 1.17. The highest BCUT2D eigenvalue weighted by atomic mass is 127. The summed E-state index contributed by atoms with van der Waals surface area (Å²) in [6, 6.07) is 14.8. The Kier molecular flexibility index (Phi) is 4.34. The molecule has 0 saturated carbocycles. The van der Waals surface area contributed by atoms with Gasteiger partial charge in [-0.25, -0.2) is 0 Å². The van der Waals surface area contributed by atoms with E-state index in [1.165, 1.54) is 14.0 Å². The van der Waals surface area contributed by atoms with Crippen LogP contribution >= 0.6 is 34.4 Å². The first-order valence-corrected chi connectivity index (χ1v) is 7.40. The molecule has 88 valence electrons. The predicted octanol–water partition coefficient (Wildman–Crippen LogP) is 4.59. The lowest BCUT2D eigenvalue weighted by molar-refractivity contribution is 1.13. The third kappa shape index (κ3) is 3.39. The molecule has 0 radical (unpaired) electrons. The second-order valence-corrected chi connectivity index (χ2v) is 6.14. The second-order valence-electron chi connectivity index (χ2n) is 3.78. The summed E-state index contributed by atoms with van der Waals surface area (Å²) in [6.07, 6.45) is 1.08. The normalized spacial score (nSPS) is 10.5. The number of anilines is 1. The molecule has 17 heavy (non-hydrogen) atoms. The molecule has 2 aromatic carbocycles. The Morgan fingerprint density at radius 1 is 1.12 bits per heavy atom. The third-order valence-electron chi connectivity index (χ3n) is 2.53. The van der Waals surface area contributed by atoms with E-state index in [1.54, 1.807) is 11.8 Å². The summed E-state index contributed by atoms with van der Waals surface area (Å²) in [5.41, 5.74) is 8.21. The molecule has 0 heterocycles. The van der Waals surface area contributed by atoms with Gasteiger partial charge in [0.25, 0.3) is 0 Å². The molecule has 0 bridgehead atoms. The minimum Gasteiger partial charge on any atom is -0.398 e. The fourth-order valence-corrected chi connectivity index (χ4v) is 2.89. The summed E-state index contributed by atoms with van der Waals surface area (Å²) in [5.74, 6) is 0. The molecular formula is C14H14INS. The van der Waals surface area contributed by atoms with Crippen LogP contribution in [-0.2, 0) is 6.42 Å². The second kappa shape index (κ2) is 5.78. The summed E-state index contributed by atoms with van der Waals surface area (Å²) in [4.78, 5) is 2.35. The fraction of sp³-hybridized carbons (Fsp3) is 0.143. The van der Waals surface area contributed by atoms with Crippen molar-refractivity contribution < 1.29 is 0 Å². The topological polar surface area (TPSA) is 26.0 Å². The van der Waals surface area contributed by atoms with Gasteiger partial charge in [-0.15, -0.1) is 0 Å². The van der Waals surface area contributed by atoms with Crippen LogP contribution < -0.4 is 5.73 Å². The molecule has 0 saturated heterocycles. The van der Waals surface area contributed by atoms with Crippen molar-refractivity contribution in [1.82, 2.24) is 0 Å². The largest absolute Gasteiger partial charge is 0.398 e. The molecule has 1 nitrogen and oxygen atoms in total. The zero-order valence-corrected chi connectivity index (χ0v) is 12.6. The van der Waals surface area contributed by atoms with Crippen molar-refractivity contribution in [3.05, 3.63) is 51.6 Å². The standard InChI is InChI=1S/C14H14INS/c1-2-10-3-6-12(7-4-10)17-14-8-5-11(15)9-13(14)16/h3-9H,2,16H2,1H3. The summed E-state index contributed by atoms with van der Waals surface area (Å²) in [6.45, 7) is 2.17. The van der Waals surface area contributed by atoms with Gasteiger partial charge in [0.15, 0.2) is 0 Å². The van der Waals surface area contributed by atoms with E-state index in [2.05, 4.69) is 65.9 Å². The molecule has 0 spiro atoms. The van der Waals surface area contributed by atoms with Gasteiger partial charge < -0.3 is 5.73 Å². The SMILES string of the molecule is CCc1ccc(Sc2ccc(I)cc2N)cc1. The highest BCUT2D eigenvalue weighted by molar-refractivity contribution is 14.1. The number of nitrogen functional groups attached to an aromatic ring is 1. The van der Waals surface area contributed by atoms with E-state index >= 15 is 0 Å². The number of benzene rings is 2. The molecule has 2 rings (SSSR count). The molecule has 0 aliphatic heterocycles. The van der Waals surface area contributed by atoms with Gasteiger partial charge >= 0.3 is 0 Å². The van der Waals surface area contributed by atoms with Crippen LogP contribution in [0.25, 0.3) is 0 Å². The van der Waals surface area contributed by atoms with Crippen LogP contribution in [0.5, 0.6) is 0 Å². The molecule has 2 N–H and O–H groups in total. The molecule has 2 aromatic rings. The molecule has 0 aliphatic carbocycles. The number of nitrogens with two attached hydrogens (primary N) is 1. The summed E-state index contributed by atoms with van der Waals surface area (Å²) >= 11 is 3.99. The van der Waals surface area contributed by atoms with Gasteiger partial charge in [0.05, 0.1) is 0 Å². The van der Waals surface area contributed by atoms with Crippen molar-refractivity contribution in [2.24, 2.45) is 0 Å². The number of hydrogen-bond acceptors (Lipinski definition) is 2. The van der Waals surface area contributed by atoms with Crippen LogP contribution in [0.1, 0.15) is 12.5 Å². The van der Waals surface area contributed by atoms with E-state index < -0.39 is 0 Å². The van der Waals surface area contributed by atoms with Crippen LogP contribution in [0.2, 0.25) is 0 Å². The first-order chi connectivity index (χ1) is 8.19. The zero-order chi connectivity index (χ0) is 12.3. The number of rotatable bonds is 3. The third-order valence-corrected chi connectivity index (χ3v) is 4.30. The van der Waals surface area contributed by atoms with Crippen molar-refractivity contribution in [2.75, 3.05) is 5.73 Å². The number of halogens is 1. The fourth-order valence-electron chi connectivity index (χ4n) is 1.53. The first-order valence-electron chi connectivity index (χ1n) is 5.51. The van der Waals surface area contributed by atoms with Gasteiger partial charge in [-0.05, 0) is 64.9 Å². The Morgan fingerprint density at radius 2 is 1.82 bits per heavy atom. The summed E-state index contributed by atoms with van der Waals surface area (Å²) in [7, 11) is 0. The average molecular weight is 355 g/mol. The van der Waals surface area contributed by atoms with Gasteiger partial charge in [-0.1, -0.05) is 30.8 Å². The molecule has 0 unspecified atom stereocenters. The van der Waals surface area contributed by atoms with E-state index in [0.29, 0.717) is 0 Å². The first kappa shape index (κ1) is 12.8. The molecule has 0 fully saturated rings. The van der Waals surface area contributed by atoms with E-state index in [0.717, 1.165) is 17.0 Å². The number of hydrogen-bond donors (Lipinski definition) is 1. The maximum Gasteiger partial charge on any atom is 0.0466 e. The van der Waals surface area contributed by atoms with Crippen LogP contribution in [0.3, 0.4) is 0 Å². The van der Waals surface area contributed by atoms with Crippen LogP contribution in [0, 0.1) is 3.57 Å². The molecule has 0 amide bonds. The highest BCUT2D eigenvalue weighted by Gasteiger charge is 2.02. The molecule has 0 atom stereocenters. The quantitative estimate of drug-likeness (QED) is 0.644. The Morgan fingerprint density at radius 3 is 2.41 bits per heavy atom. The van der Waals surface area contributed by atoms with Crippen LogP contribution in [-0.4, -0.2) is 0 Å². The molecule has 0 aliphatic rings. The van der Waals surface area contributed by atoms with Crippen molar-refractivity contribution in [3.8, 4) is 0 Å². The van der Waals surface area contributed by atoms with Gasteiger partial charge in [0.2, 0.25) is 0 Å². The van der Waals surface area contributed by atoms with Crippen molar-refractivity contribution >= 4 is 40.0 Å². The maximum atomic E-state index is 6.00. The Bertz CT molecular complexity index is 508. The minimum absolute atomic E-state index is 0.849. The van der Waals surface area contributed by atoms with Crippen molar-refractivity contribution in [2.45, 2.75) is 23.1 Å². The Hall–Kier alpha value is -0.680. The van der Waals surface area contributed by atoms with Gasteiger partial charge in [0, 0.05) is 19.0 Å².